The number of benzene rings is 2. The summed E-state index contributed by atoms with van der Waals surface area (Å²) in [6, 6.07) is 12.5. The van der Waals surface area contributed by atoms with Gasteiger partial charge >= 0.3 is 0 Å². The van der Waals surface area contributed by atoms with Crippen molar-refractivity contribution in [3.63, 3.8) is 0 Å². The molecule has 0 unspecified atom stereocenters. The number of aromatic nitrogens is 1. The highest BCUT2D eigenvalue weighted by Crippen LogP contribution is 2.24. The van der Waals surface area contributed by atoms with E-state index in [1.54, 1.807) is 25.1 Å². The lowest BCUT2D eigenvalue weighted by Gasteiger charge is -2.14. The Morgan fingerprint density at radius 3 is 2.56 bits per heavy atom. The molecule has 3 N–H and O–H groups in total. The largest absolute Gasteiger partial charge is 0.493 e. The molecule has 0 bridgehead atoms. The van der Waals surface area contributed by atoms with Crippen molar-refractivity contribution in [3.05, 3.63) is 64.3 Å². The standard InChI is InChI=1S/C22H23BrN4O5S2/c1-3-4-11-31-19-10-5-15(23)13-18(19)21(28)25-22(33)24-16-6-8-17(9-7-16)34(29,30)27-20-12-14(2)32-26-20/h5-10,12-13H,3-4,11H2,1-2H3,(H,26,27)(H2,24,25,28,33). The predicted octanol–water partition coefficient (Wildman–Crippen LogP) is 4.85. The Hall–Kier alpha value is -2.96. The first kappa shape index (κ1) is 25.7. The Morgan fingerprint density at radius 1 is 1.18 bits per heavy atom. The minimum absolute atomic E-state index is 0.0247. The number of amides is 1. The van der Waals surface area contributed by atoms with E-state index in [2.05, 4.69) is 43.4 Å². The maximum absolute atomic E-state index is 12.8. The van der Waals surface area contributed by atoms with Crippen molar-refractivity contribution in [2.24, 2.45) is 0 Å². The molecule has 3 aromatic rings. The van der Waals surface area contributed by atoms with Gasteiger partial charge in [0.25, 0.3) is 15.9 Å². The molecule has 0 aliphatic rings. The van der Waals surface area contributed by atoms with Crippen LogP contribution in [0, 0.1) is 6.92 Å². The third kappa shape index (κ3) is 7.02. The van der Waals surface area contributed by atoms with E-state index < -0.39 is 15.9 Å². The summed E-state index contributed by atoms with van der Waals surface area (Å²) < 4.78 is 38.6. The summed E-state index contributed by atoms with van der Waals surface area (Å²) in [5.41, 5.74) is 0.834. The summed E-state index contributed by atoms with van der Waals surface area (Å²) >= 11 is 8.61. The number of rotatable bonds is 9. The fourth-order valence-corrected chi connectivity index (χ4v) is 4.35. The van der Waals surface area contributed by atoms with Crippen LogP contribution in [0.3, 0.4) is 0 Å². The van der Waals surface area contributed by atoms with Gasteiger partial charge in [0, 0.05) is 16.2 Å². The zero-order valence-corrected chi connectivity index (χ0v) is 21.6. The van der Waals surface area contributed by atoms with Gasteiger partial charge in [-0.15, -0.1) is 0 Å². The second kappa shape index (κ2) is 11.4. The second-order valence-corrected chi connectivity index (χ2v) is 10.2. The number of thiocarbonyl (C=S) groups is 1. The van der Waals surface area contributed by atoms with Crippen molar-refractivity contribution in [3.8, 4) is 5.75 Å². The van der Waals surface area contributed by atoms with Crippen LogP contribution in [0.2, 0.25) is 0 Å². The maximum atomic E-state index is 12.8. The van der Waals surface area contributed by atoms with Gasteiger partial charge in [-0.1, -0.05) is 34.4 Å². The normalized spacial score (nSPS) is 11.0. The average molecular weight is 567 g/mol. The Labute approximate surface area is 211 Å². The van der Waals surface area contributed by atoms with E-state index in [-0.39, 0.29) is 15.8 Å². The molecule has 0 aliphatic carbocycles. The van der Waals surface area contributed by atoms with Crippen LogP contribution >= 0.6 is 28.1 Å². The Morgan fingerprint density at radius 2 is 1.91 bits per heavy atom. The van der Waals surface area contributed by atoms with Crippen LogP contribution in [-0.2, 0) is 10.0 Å². The molecule has 0 spiro atoms. The number of hydrogen-bond acceptors (Lipinski definition) is 7. The van der Waals surface area contributed by atoms with Crippen LogP contribution in [0.5, 0.6) is 5.75 Å². The quantitative estimate of drug-likeness (QED) is 0.248. The molecule has 2 aromatic carbocycles. The van der Waals surface area contributed by atoms with Crippen LogP contribution in [-0.4, -0.2) is 31.2 Å². The lowest BCUT2D eigenvalue weighted by atomic mass is 10.2. The number of sulfonamides is 1. The fraction of sp³-hybridized carbons (Fsp3) is 0.227. The molecule has 0 atom stereocenters. The highest BCUT2D eigenvalue weighted by Gasteiger charge is 2.17. The molecule has 1 aromatic heterocycles. The van der Waals surface area contributed by atoms with Gasteiger partial charge in [0.2, 0.25) is 0 Å². The van der Waals surface area contributed by atoms with Gasteiger partial charge in [0.05, 0.1) is 17.1 Å². The van der Waals surface area contributed by atoms with Crippen molar-refractivity contribution in [2.45, 2.75) is 31.6 Å². The number of carbonyl (C=O) groups excluding carboxylic acids is 1. The average Bonchev–Trinajstić information content (AvgIpc) is 3.18. The number of ether oxygens (including phenoxy) is 1. The molecule has 0 saturated carbocycles. The minimum atomic E-state index is -3.84. The van der Waals surface area contributed by atoms with E-state index in [4.69, 9.17) is 21.5 Å². The number of nitrogens with one attached hydrogen (secondary N) is 3. The Bertz CT molecular complexity index is 1280. The first-order valence-electron chi connectivity index (χ1n) is 10.3. The topological polar surface area (TPSA) is 123 Å². The molecular weight excluding hydrogens is 544 g/mol. The fourth-order valence-electron chi connectivity index (χ4n) is 2.79. The molecule has 34 heavy (non-hydrogen) atoms. The van der Waals surface area contributed by atoms with Crippen LogP contribution < -0.4 is 20.1 Å². The molecule has 0 aliphatic heterocycles. The number of unbranched alkanes of at least 4 members (excludes halogenated alkanes) is 1. The highest BCUT2D eigenvalue weighted by atomic mass is 79.9. The molecule has 0 radical (unpaired) electrons. The first-order valence-corrected chi connectivity index (χ1v) is 13.0. The number of aryl methyl sites for hydroxylation is 1. The summed E-state index contributed by atoms with van der Waals surface area (Å²) in [7, 11) is -3.84. The summed E-state index contributed by atoms with van der Waals surface area (Å²) in [5, 5.41) is 9.15. The minimum Gasteiger partial charge on any atom is -0.493 e. The third-order valence-corrected chi connectivity index (χ3v) is 6.53. The molecule has 180 valence electrons. The SMILES string of the molecule is CCCCOc1ccc(Br)cc1C(=O)NC(=S)Nc1ccc(S(=O)(=O)Nc2cc(C)on2)cc1. The number of halogens is 1. The maximum Gasteiger partial charge on any atom is 0.263 e. The van der Waals surface area contributed by atoms with E-state index in [1.807, 2.05) is 0 Å². The lowest BCUT2D eigenvalue weighted by Crippen LogP contribution is -2.34. The van der Waals surface area contributed by atoms with Gasteiger partial charge in [-0.3, -0.25) is 14.8 Å². The van der Waals surface area contributed by atoms with Crippen LogP contribution in [0.1, 0.15) is 35.9 Å². The molecule has 0 saturated heterocycles. The van der Waals surface area contributed by atoms with Gasteiger partial charge in [0.1, 0.15) is 11.5 Å². The monoisotopic (exact) mass is 566 g/mol. The lowest BCUT2D eigenvalue weighted by molar-refractivity contribution is 0.0973. The van der Waals surface area contributed by atoms with Gasteiger partial charge in [-0.25, -0.2) is 8.42 Å². The molecule has 3 rings (SSSR count). The molecule has 1 heterocycles. The first-order chi connectivity index (χ1) is 16.2. The Balaban J connectivity index is 1.63. The van der Waals surface area contributed by atoms with Crippen molar-refractivity contribution in [1.82, 2.24) is 10.5 Å². The smallest absolute Gasteiger partial charge is 0.263 e. The van der Waals surface area contributed by atoms with Crippen LogP contribution in [0.4, 0.5) is 11.5 Å². The van der Waals surface area contributed by atoms with Crippen molar-refractivity contribution in [1.29, 1.82) is 0 Å². The van der Waals surface area contributed by atoms with Crippen LogP contribution in [0.15, 0.2) is 62.4 Å². The van der Waals surface area contributed by atoms with Gasteiger partial charge in [0.15, 0.2) is 10.9 Å². The number of nitrogens with zero attached hydrogens (tertiary/aromatic N) is 1. The summed E-state index contributed by atoms with van der Waals surface area (Å²) in [6.45, 7) is 4.21. The molecular formula is C22H23BrN4O5S2. The highest BCUT2D eigenvalue weighted by molar-refractivity contribution is 9.10. The zero-order chi connectivity index (χ0) is 24.7. The van der Waals surface area contributed by atoms with E-state index in [0.717, 1.165) is 17.3 Å². The van der Waals surface area contributed by atoms with E-state index >= 15 is 0 Å². The van der Waals surface area contributed by atoms with E-state index in [1.165, 1.54) is 30.3 Å². The molecule has 0 fully saturated rings. The van der Waals surface area contributed by atoms with Gasteiger partial charge < -0.3 is 14.6 Å². The predicted molar refractivity (Wildman–Crippen MR) is 137 cm³/mol. The van der Waals surface area contributed by atoms with Crippen molar-refractivity contribution < 1.29 is 22.5 Å². The summed E-state index contributed by atoms with van der Waals surface area (Å²) in [6.07, 6.45) is 1.85. The Kier molecular flexibility index (Phi) is 8.64. The third-order valence-electron chi connectivity index (χ3n) is 4.46. The number of hydrogen-bond donors (Lipinski definition) is 3. The van der Waals surface area contributed by atoms with E-state index in [0.29, 0.717) is 29.4 Å². The van der Waals surface area contributed by atoms with Crippen molar-refractivity contribution in [2.75, 3.05) is 16.6 Å². The van der Waals surface area contributed by atoms with Crippen LogP contribution in [0.25, 0.3) is 0 Å². The number of anilines is 2. The molecule has 12 heteroatoms. The second-order valence-electron chi connectivity index (χ2n) is 7.20. The molecule has 1 amide bonds. The number of carbonyl (C=O) groups is 1. The van der Waals surface area contributed by atoms with E-state index in [9.17, 15) is 13.2 Å². The van der Waals surface area contributed by atoms with Crippen molar-refractivity contribution >= 4 is 60.7 Å². The van der Waals surface area contributed by atoms with Gasteiger partial charge in [-0.05, 0) is 68.0 Å². The molecule has 9 nitrogen and oxygen atoms in total. The zero-order valence-electron chi connectivity index (χ0n) is 18.4. The summed E-state index contributed by atoms with van der Waals surface area (Å²) in [5.74, 6) is 0.599. The van der Waals surface area contributed by atoms with Gasteiger partial charge in [-0.2, -0.15) is 0 Å². The summed E-state index contributed by atoms with van der Waals surface area (Å²) in [4.78, 5) is 12.8.